The predicted molar refractivity (Wildman–Crippen MR) is 61.1 cm³/mol. The maximum Gasteiger partial charge on any atom is 0.0928 e. The molecule has 1 fully saturated rings. The second-order valence-electron chi connectivity index (χ2n) is 4.26. The minimum Gasteiger partial charge on any atom is -0.382 e. The third-order valence-corrected chi connectivity index (χ3v) is 3.15. The highest BCUT2D eigenvalue weighted by Gasteiger charge is 2.22. The molecule has 0 aromatic heterocycles. The number of hydrogen-bond donors (Lipinski definition) is 2. The second-order valence-corrected chi connectivity index (χ2v) is 4.26. The lowest BCUT2D eigenvalue weighted by Crippen LogP contribution is -2.37. The molecule has 1 rings (SSSR count). The zero-order valence-corrected chi connectivity index (χ0v) is 10.1. The van der Waals surface area contributed by atoms with Gasteiger partial charge in [0.05, 0.1) is 12.7 Å². The molecule has 4 heteroatoms. The molecule has 0 aromatic carbocycles. The quantitative estimate of drug-likeness (QED) is 0.639. The van der Waals surface area contributed by atoms with Crippen LogP contribution in [0.1, 0.15) is 13.3 Å². The smallest absolute Gasteiger partial charge is 0.0928 e. The molecule has 3 atom stereocenters. The van der Waals surface area contributed by atoms with Crippen molar-refractivity contribution >= 4 is 0 Å². The van der Waals surface area contributed by atoms with Crippen molar-refractivity contribution in [2.75, 3.05) is 40.5 Å². The lowest BCUT2D eigenvalue weighted by molar-refractivity contribution is 0.0284. The molecule has 1 aliphatic heterocycles. The van der Waals surface area contributed by atoms with E-state index >= 15 is 0 Å². The zero-order chi connectivity index (χ0) is 11.1. The van der Waals surface area contributed by atoms with Crippen molar-refractivity contribution in [1.29, 1.82) is 0 Å². The van der Waals surface area contributed by atoms with E-state index < -0.39 is 0 Å². The highest BCUT2D eigenvalue weighted by Crippen LogP contribution is 2.13. The van der Waals surface area contributed by atoms with Gasteiger partial charge in [0.15, 0.2) is 0 Å². The van der Waals surface area contributed by atoms with E-state index in [1.165, 1.54) is 6.42 Å². The Bertz CT molecular complexity index is 167. The Morgan fingerprint density at radius 1 is 1.47 bits per heavy atom. The standard InChI is InChI=1S/C11H24N2O2/c1-9-10(4-5-13-9)6-12-7-11(15-3)8-14-2/h9-13H,4-8H2,1-3H3. The van der Waals surface area contributed by atoms with Crippen molar-refractivity contribution in [3.63, 3.8) is 0 Å². The first-order valence-electron chi connectivity index (χ1n) is 5.73. The fourth-order valence-electron chi connectivity index (χ4n) is 2.02. The van der Waals surface area contributed by atoms with Crippen LogP contribution in [0.25, 0.3) is 0 Å². The number of hydrogen-bond acceptors (Lipinski definition) is 4. The SMILES string of the molecule is COCC(CNCC1CCNC1C)OC. The van der Waals surface area contributed by atoms with Crippen molar-refractivity contribution in [2.24, 2.45) is 5.92 Å². The van der Waals surface area contributed by atoms with Crippen LogP contribution in [0.4, 0.5) is 0 Å². The summed E-state index contributed by atoms with van der Waals surface area (Å²) in [6.45, 7) is 5.99. The molecule has 2 N–H and O–H groups in total. The average molecular weight is 216 g/mol. The van der Waals surface area contributed by atoms with Crippen LogP contribution < -0.4 is 10.6 Å². The molecular formula is C11H24N2O2. The average Bonchev–Trinajstić information content (AvgIpc) is 2.63. The Morgan fingerprint density at radius 2 is 2.27 bits per heavy atom. The molecule has 4 nitrogen and oxygen atoms in total. The summed E-state index contributed by atoms with van der Waals surface area (Å²) in [4.78, 5) is 0. The number of methoxy groups -OCH3 is 2. The third-order valence-electron chi connectivity index (χ3n) is 3.15. The van der Waals surface area contributed by atoms with Gasteiger partial charge >= 0.3 is 0 Å². The molecule has 0 aliphatic carbocycles. The first kappa shape index (κ1) is 12.9. The molecule has 3 unspecified atom stereocenters. The molecule has 0 bridgehead atoms. The lowest BCUT2D eigenvalue weighted by Gasteiger charge is -2.19. The van der Waals surface area contributed by atoms with Gasteiger partial charge in [0.25, 0.3) is 0 Å². The summed E-state index contributed by atoms with van der Waals surface area (Å²) in [5, 5.41) is 6.90. The van der Waals surface area contributed by atoms with E-state index in [0.29, 0.717) is 12.6 Å². The summed E-state index contributed by atoms with van der Waals surface area (Å²) in [6, 6.07) is 0.640. The highest BCUT2D eigenvalue weighted by molar-refractivity contribution is 4.81. The molecular weight excluding hydrogens is 192 g/mol. The van der Waals surface area contributed by atoms with Crippen molar-refractivity contribution in [3.05, 3.63) is 0 Å². The van der Waals surface area contributed by atoms with Gasteiger partial charge in [-0.3, -0.25) is 0 Å². The van der Waals surface area contributed by atoms with Crippen molar-refractivity contribution in [3.8, 4) is 0 Å². The van der Waals surface area contributed by atoms with Crippen LogP contribution in [0.2, 0.25) is 0 Å². The summed E-state index contributed by atoms with van der Waals surface area (Å²) < 4.78 is 10.3. The Kier molecular flexibility index (Phi) is 6.17. The highest BCUT2D eigenvalue weighted by atomic mass is 16.5. The summed E-state index contributed by atoms with van der Waals surface area (Å²) in [7, 11) is 3.43. The fraction of sp³-hybridized carbons (Fsp3) is 1.00. The van der Waals surface area contributed by atoms with E-state index in [1.54, 1.807) is 14.2 Å². The molecule has 1 heterocycles. The maximum atomic E-state index is 5.28. The van der Waals surface area contributed by atoms with Gasteiger partial charge in [-0.2, -0.15) is 0 Å². The topological polar surface area (TPSA) is 42.5 Å². The Balaban J connectivity index is 2.08. The fourth-order valence-corrected chi connectivity index (χ4v) is 2.02. The van der Waals surface area contributed by atoms with Gasteiger partial charge < -0.3 is 20.1 Å². The zero-order valence-electron chi connectivity index (χ0n) is 10.1. The van der Waals surface area contributed by atoms with E-state index in [9.17, 15) is 0 Å². The van der Waals surface area contributed by atoms with Gasteiger partial charge in [-0.25, -0.2) is 0 Å². The van der Waals surface area contributed by atoms with E-state index in [4.69, 9.17) is 9.47 Å². The molecule has 0 aromatic rings. The van der Waals surface area contributed by atoms with Crippen LogP contribution in [-0.2, 0) is 9.47 Å². The van der Waals surface area contributed by atoms with Crippen LogP contribution in [-0.4, -0.2) is 52.6 Å². The van der Waals surface area contributed by atoms with Gasteiger partial charge in [0, 0.05) is 26.8 Å². The van der Waals surface area contributed by atoms with Crippen LogP contribution in [0.3, 0.4) is 0 Å². The van der Waals surface area contributed by atoms with E-state index in [-0.39, 0.29) is 6.10 Å². The van der Waals surface area contributed by atoms with Crippen LogP contribution in [0.15, 0.2) is 0 Å². The summed E-state index contributed by atoms with van der Waals surface area (Å²) in [5.74, 6) is 0.755. The van der Waals surface area contributed by atoms with Crippen molar-refractivity contribution in [1.82, 2.24) is 10.6 Å². The Labute approximate surface area is 92.7 Å². The third kappa shape index (κ3) is 4.47. The molecule has 0 radical (unpaired) electrons. The molecule has 0 amide bonds. The number of ether oxygens (including phenoxy) is 2. The normalized spacial score (nSPS) is 28.2. The Morgan fingerprint density at radius 3 is 2.80 bits per heavy atom. The largest absolute Gasteiger partial charge is 0.382 e. The first-order chi connectivity index (χ1) is 7.27. The number of nitrogens with one attached hydrogen (secondary N) is 2. The van der Waals surface area contributed by atoms with E-state index in [1.807, 2.05) is 0 Å². The summed E-state index contributed by atoms with van der Waals surface area (Å²) in [6.07, 6.45) is 1.44. The molecule has 0 saturated carbocycles. The van der Waals surface area contributed by atoms with Gasteiger partial charge in [0.2, 0.25) is 0 Å². The molecule has 15 heavy (non-hydrogen) atoms. The minimum absolute atomic E-state index is 0.166. The van der Waals surface area contributed by atoms with Crippen molar-refractivity contribution < 1.29 is 9.47 Å². The van der Waals surface area contributed by atoms with E-state index in [2.05, 4.69) is 17.6 Å². The summed E-state index contributed by atoms with van der Waals surface area (Å²) in [5.41, 5.74) is 0. The van der Waals surface area contributed by atoms with Gasteiger partial charge in [0.1, 0.15) is 0 Å². The molecule has 0 spiro atoms. The molecule has 90 valence electrons. The lowest BCUT2D eigenvalue weighted by atomic mass is 10.0. The van der Waals surface area contributed by atoms with E-state index in [0.717, 1.165) is 25.6 Å². The summed E-state index contributed by atoms with van der Waals surface area (Å²) >= 11 is 0. The van der Waals surface area contributed by atoms with Crippen LogP contribution in [0.5, 0.6) is 0 Å². The van der Waals surface area contributed by atoms with Crippen LogP contribution in [0, 0.1) is 5.92 Å². The first-order valence-corrected chi connectivity index (χ1v) is 5.73. The predicted octanol–water partition coefficient (Wildman–Crippen LogP) is 0.235. The molecule has 1 saturated heterocycles. The Hall–Kier alpha value is -0.160. The molecule has 1 aliphatic rings. The minimum atomic E-state index is 0.166. The van der Waals surface area contributed by atoms with Crippen LogP contribution >= 0.6 is 0 Å². The maximum absolute atomic E-state index is 5.28. The van der Waals surface area contributed by atoms with Gasteiger partial charge in [-0.15, -0.1) is 0 Å². The second kappa shape index (κ2) is 7.17. The van der Waals surface area contributed by atoms with Gasteiger partial charge in [-0.05, 0) is 32.4 Å². The number of rotatable bonds is 7. The van der Waals surface area contributed by atoms with Crippen molar-refractivity contribution in [2.45, 2.75) is 25.5 Å². The van der Waals surface area contributed by atoms with Gasteiger partial charge in [-0.1, -0.05) is 0 Å². The monoisotopic (exact) mass is 216 g/mol.